The number of rotatable bonds is 15. The number of ketones is 1. The van der Waals surface area contributed by atoms with Gasteiger partial charge in [0.15, 0.2) is 0 Å². The summed E-state index contributed by atoms with van der Waals surface area (Å²) in [5, 5.41) is 8.35. The first-order valence-electron chi connectivity index (χ1n) is 9.04. The first kappa shape index (κ1) is 58.1. The Morgan fingerprint density at radius 2 is 1.00 bits per heavy atom. The van der Waals surface area contributed by atoms with Crippen LogP contribution in [0.1, 0.15) is 118 Å². The zero-order valence-electron chi connectivity index (χ0n) is 15.9. The molecular weight excluding hydrogens is 434 g/mol. The molecule has 0 saturated heterocycles. The minimum absolute atomic E-state index is 0. The lowest BCUT2D eigenvalue weighted by atomic mass is 10.0. The first-order chi connectivity index (χ1) is 12.4. The summed E-state index contributed by atoms with van der Waals surface area (Å²) in [5.41, 5.74) is 0. The Kier molecular flexibility index (Phi) is 60.6. The molecule has 34 heavy (non-hydrogen) atoms. The number of amides is 2. The number of nitrogens with one attached hydrogen (secondary N) is 3. The maximum absolute atomic E-state index is 12.2. The SMILES string of the molecule is C.C.C.C.C.C.C.C.CCC(=O)CC(CC=O)NC(=O)CC(CC=O)NC(=O)CC(CC)NC. The van der Waals surface area contributed by atoms with Gasteiger partial charge in [0.1, 0.15) is 18.4 Å². The van der Waals surface area contributed by atoms with E-state index in [1.165, 1.54) is 0 Å². The predicted molar refractivity (Wildman–Crippen MR) is 151 cm³/mol. The Bertz CT molecular complexity index is 481. The van der Waals surface area contributed by atoms with E-state index in [9.17, 15) is 24.0 Å². The molecule has 0 radical (unpaired) electrons. The second-order valence-corrected chi connectivity index (χ2v) is 6.23. The van der Waals surface area contributed by atoms with Gasteiger partial charge < -0.3 is 25.5 Å². The topological polar surface area (TPSA) is 121 Å². The van der Waals surface area contributed by atoms with Crippen LogP contribution in [0.4, 0.5) is 0 Å². The summed E-state index contributed by atoms with van der Waals surface area (Å²) in [4.78, 5) is 57.3. The molecule has 3 unspecified atom stereocenters. The van der Waals surface area contributed by atoms with Crippen molar-refractivity contribution in [3.63, 3.8) is 0 Å². The smallest absolute Gasteiger partial charge is 0.222 e. The molecule has 0 aliphatic rings. The van der Waals surface area contributed by atoms with Crippen molar-refractivity contribution in [1.82, 2.24) is 16.0 Å². The molecule has 0 aromatic heterocycles. The van der Waals surface area contributed by atoms with Crippen molar-refractivity contribution in [2.24, 2.45) is 0 Å². The fraction of sp³-hybridized carbons (Fsp3) is 0.808. The molecule has 3 N–H and O–H groups in total. The van der Waals surface area contributed by atoms with E-state index in [0.29, 0.717) is 19.0 Å². The Labute approximate surface area is 213 Å². The maximum atomic E-state index is 12.2. The molecule has 0 aliphatic carbocycles. The van der Waals surface area contributed by atoms with Gasteiger partial charge in [0.2, 0.25) is 11.8 Å². The largest absolute Gasteiger partial charge is 0.352 e. The van der Waals surface area contributed by atoms with E-state index in [1.54, 1.807) is 14.0 Å². The fourth-order valence-electron chi connectivity index (χ4n) is 2.51. The van der Waals surface area contributed by atoms with Crippen LogP contribution in [-0.4, -0.2) is 55.3 Å². The molecule has 212 valence electrons. The first-order valence-corrected chi connectivity index (χ1v) is 9.04. The van der Waals surface area contributed by atoms with Crippen molar-refractivity contribution < 1.29 is 24.0 Å². The lowest BCUT2D eigenvalue weighted by Crippen LogP contribution is -2.44. The molecule has 2 amide bonds. The van der Waals surface area contributed by atoms with Crippen LogP contribution in [0.15, 0.2) is 0 Å². The average Bonchev–Trinajstić information content (AvgIpc) is 2.59. The third-order valence-corrected chi connectivity index (χ3v) is 4.12. The van der Waals surface area contributed by atoms with Gasteiger partial charge in [-0.2, -0.15) is 0 Å². The van der Waals surface area contributed by atoms with Crippen LogP contribution in [0.3, 0.4) is 0 Å². The fourth-order valence-corrected chi connectivity index (χ4v) is 2.51. The molecule has 0 spiro atoms. The number of carbonyl (C=O) groups is 5. The van der Waals surface area contributed by atoms with E-state index in [2.05, 4.69) is 16.0 Å². The maximum Gasteiger partial charge on any atom is 0.222 e. The Balaban J connectivity index is -0.000000112. The Morgan fingerprint density at radius 1 is 0.647 bits per heavy atom. The van der Waals surface area contributed by atoms with Gasteiger partial charge in [0, 0.05) is 56.7 Å². The molecule has 0 aliphatic heterocycles. The molecular formula is C26H63N3O5. The van der Waals surface area contributed by atoms with Gasteiger partial charge >= 0.3 is 0 Å². The van der Waals surface area contributed by atoms with Crippen molar-refractivity contribution in [2.75, 3.05) is 7.05 Å². The van der Waals surface area contributed by atoms with Gasteiger partial charge in [-0.3, -0.25) is 14.4 Å². The van der Waals surface area contributed by atoms with Crippen LogP contribution in [0.2, 0.25) is 0 Å². The van der Waals surface area contributed by atoms with E-state index >= 15 is 0 Å². The number of carbonyl (C=O) groups excluding carboxylic acids is 5. The van der Waals surface area contributed by atoms with Crippen LogP contribution >= 0.6 is 0 Å². The number of aldehydes is 2. The average molecular weight is 498 g/mol. The van der Waals surface area contributed by atoms with E-state index in [-0.39, 0.29) is 109 Å². The highest BCUT2D eigenvalue weighted by molar-refractivity contribution is 5.83. The van der Waals surface area contributed by atoms with Gasteiger partial charge in [-0.1, -0.05) is 73.3 Å². The summed E-state index contributed by atoms with van der Waals surface area (Å²) in [5.74, 6) is -0.697. The van der Waals surface area contributed by atoms with Crippen LogP contribution in [-0.2, 0) is 24.0 Å². The molecule has 0 bridgehead atoms. The minimum Gasteiger partial charge on any atom is -0.352 e. The molecule has 0 saturated carbocycles. The molecule has 0 aromatic carbocycles. The van der Waals surface area contributed by atoms with Crippen LogP contribution in [0, 0.1) is 0 Å². The van der Waals surface area contributed by atoms with Crippen LogP contribution in [0.25, 0.3) is 0 Å². The molecule has 0 fully saturated rings. The van der Waals surface area contributed by atoms with Crippen LogP contribution in [0.5, 0.6) is 0 Å². The predicted octanol–water partition coefficient (Wildman–Crippen LogP) is 5.37. The molecule has 3 atom stereocenters. The second kappa shape index (κ2) is 35.5. The molecule has 8 heteroatoms. The lowest BCUT2D eigenvalue weighted by molar-refractivity contribution is -0.124. The number of Topliss-reactive ketones (excluding diaryl/α,β-unsaturated/α-hetero) is 1. The van der Waals surface area contributed by atoms with E-state index < -0.39 is 18.0 Å². The minimum atomic E-state index is -0.617. The summed E-state index contributed by atoms with van der Waals surface area (Å²) in [6.45, 7) is 3.67. The lowest BCUT2D eigenvalue weighted by Gasteiger charge is -2.21. The van der Waals surface area contributed by atoms with Crippen molar-refractivity contribution in [3.05, 3.63) is 0 Å². The number of hydrogen-bond acceptors (Lipinski definition) is 6. The zero-order valence-corrected chi connectivity index (χ0v) is 15.9. The highest BCUT2D eigenvalue weighted by atomic mass is 16.2. The van der Waals surface area contributed by atoms with Crippen molar-refractivity contribution in [3.8, 4) is 0 Å². The van der Waals surface area contributed by atoms with Gasteiger partial charge in [-0.05, 0) is 13.5 Å². The Morgan fingerprint density at radius 3 is 1.29 bits per heavy atom. The van der Waals surface area contributed by atoms with Gasteiger partial charge in [-0.15, -0.1) is 0 Å². The zero-order chi connectivity index (χ0) is 19.9. The Hall–Kier alpha value is -2.09. The van der Waals surface area contributed by atoms with Gasteiger partial charge in [0.05, 0.1) is 0 Å². The third-order valence-electron chi connectivity index (χ3n) is 4.12. The summed E-state index contributed by atoms with van der Waals surface area (Å²) in [7, 11) is 1.77. The number of hydrogen-bond donors (Lipinski definition) is 3. The molecule has 0 heterocycles. The highest BCUT2D eigenvalue weighted by Gasteiger charge is 2.21. The summed E-state index contributed by atoms with van der Waals surface area (Å²) in [6.07, 6.45) is 2.73. The van der Waals surface area contributed by atoms with Crippen molar-refractivity contribution in [1.29, 1.82) is 0 Å². The normalized spacial score (nSPS) is 10.7. The van der Waals surface area contributed by atoms with E-state index in [4.69, 9.17) is 0 Å². The van der Waals surface area contributed by atoms with Crippen molar-refractivity contribution >= 4 is 30.2 Å². The van der Waals surface area contributed by atoms with E-state index in [0.717, 1.165) is 6.42 Å². The molecule has 0 aromatic rings. The molecule has 8 nitrogen and oxygen atoms in total. The summed E-state index contributed by atoms with van der Waals surface area (Å²) in [6, 6.07) is -1.15. The van der Waals surface area contributed by atoms with E-state index in [1.807, 2.05) is 6.92 Å². The quantitative estimate of drug-likeness (QED) is 0.261. The van der Waals surface area contributed by atoms with Gasteiger partial charge in [0.25, 0.3) is 0 Å². The van der Waals surface area contributed by atoms with Crippen LogP contribution < -0.4 is 16.0 Å². The summed E-state index contributed by atoms with van der Waals surface area (Å²) >= 11 is 0. The second-order valence-electron chi connectivity index (χ2n) is 6.23. The van der Waals surface area contributed by atoms with Crippen molar-refractivity contribution in [2.45, 2.75) is 136 Å². The summed E-state index contributed by atoms with van der Waals surface area (Å²) < 4.78 is 0. The molecule has 0 rings (SSSR count). The van der Waals surface area contributed by atoms with Gasteiger partial charge in [-0.25, -0.2) is 0 Å². The standard InChI is InChI=1S/C18H31N3O5.8CH4/c1-4-13(19-3)11-17(25)21-15(7-9-23)12-18(26)20-14(6-8-22)10-16(24)5-2;;;;;;;;/h8-9,13-15,19H,4-7,10-12H2,1-3H3,(H,20,26)(H,21,25);8*1H4. The highest BCUT2D eigenvalue weighted by Crippen LogP contribution is 2.04. The third kappa shape index (κ3) is 27.9. The monoisotopic (exact) mass is 497 g/mol.